The molecule has 1 aromatic carbocycles. The minimum absolute atomic E-state index is 0.764. The van der Waals surface area contributed by atoms with Crippen LogP contribution in [-0.2, 0) is 13.0 Å². The van der Waals surface area contributed by atoms with Crippen LogP contribution >= 0.6 is 0 Å². The molecule has 32 heavy (non-hydrogen) atoms. The minimum atomic E-state index is 0.764. The molecule has 0 aliphatic carbocycles. The average Bonchev–Trinajstić information content (AvgIpc) is 3.25. The Bertz CT molecular complexity index is 1240. The highest BCUT2D eigenvalue weighted by molar-refractivity contribution is 5.91. The molecule has 0 spiro atoms. The van der Waals surface area contributed by atoms with Crippen molar-refractivity contribution in [1.29, 1.82) is 0 Å². The number of H-pyrrole nitrogens is 1. The van der Waals surface area contributed by atoms with Crippen molar-refractivity contribution in [3.63, 3.8) is 0 Å². The fourth-order valence-corrected chi connectivity index (χ4v) is 4.66. The Labute approximate surface area is 186 Å². The fourth-order valence-electron chi connectivity index (χ4n) is 4.66. The highest BCUT2D eigenvalue weighted by Crippen LogP contribution is 2.33. The summed E-state index contributed by atoms with van der Waals surface area (Å²) in [7, 11) is 0. The molecule has 3 aromatic heterocycles. The van der Waals surface area contributed by atoms with Gasteiger partial charge in [-0.05, 0) is 24.6 Å². The van der Waals surface area contributed by atoms with Crippen LogP contribution in [0, 0.1) is 6.92 Å². The Balaban J connectivity index is 1.27. The van der Waals surface area contributed by atoms with Crippen molar-refractivity contribution in [3.8, 4) is 0 Å². The van der Waals surface area contributed by atoms with E-state index in [1.165, 1.54) is 5.56 Å². The lowest BCUT2D eigenvalue weighted by Crippen LogP contribution is -2.47. The van der Waals surface area contributed by atoms with E-state index < -0.39 is 0 Å². The number of nitrogens with one attached hydrogen (secondary N) is 1. The molecule has 162 valence electrons. The normalized spacial score (nSPS) is 16.1. The van der Waals surface area contributed by atoms with Crippen LogP contribution < -0.4 is 14.7 Å². The zero-order valence-electron chi connectivity index (χ0n) is 18.2. The summed E-state index contributed by atoms with van der Waals surface area (Å²) < 4.78 is 0. The molecule has 2 aliphatic rings. The minimum Gasteiger partial charge on any atom is -0.353 e. The molecule has 0 bridgehead atoms. The third-order valence-electron chi connectivity index (χ3n) is 6.37. The number of nitrogens with zero attached hydrogens (tertiary/aromatic N) is 7. The van der Waals surface area contributed by atoms with Gasteiger partial charge in [0, 0.05) is 51.4 Å². The van der Waals surface area contributed by atoms with Gasteiger partial charge in [0.1, 0.15) is 11.6 Å². The number of aromatic amines is 1. The SMILES string of the molecule is Cc1cccc(N2CCN(c3nc4c5c([nH]nc5n3)CCN4Cc3ccccc3)CC2)n1. The van der Waals surface area contributed by atoms with Gasteiger partial charge >= 0.3 is 0 Å². The number of pyridine rings is 1. The largest absolute Gasteiger partial charge is 0.353 e. The number of hydrogen-bond acceptors (Lipinski definition) is 7. The van der Waals surface area contributed by atoms with Crippen LogP contribution in [0.3, 0.4) is 0 Å². The summed E-state index contributed by atoms with van der Waals surface area (Å²) in [5.41, 5.74) is 4.24. The molecule has 0 radical (unpaired) electrons. The van der Waals surface area contributed by atoms with Gasteiger partial charge in [-0.25, -0.2) is 4.98 Å². The van der Waals surface area contributed by atoms with Gasteiger partial charge in [-0.15, -0.1) is 0 Å². The van der Waals surface area contributed by atoms with Crippen LogP contribution in [0.25, 0.3) is 11.0 Å². The zero-order valence-corrected chi connectivity index (χ0v) is 18.2. The van der Waals surface area contributed by atoms with E-state index in [1.54, 1.807) is 0 Å². The number of hydrogen-bond donors (Lipinski definition) is 1. The molecule has 1 saturated heterocycles. The Hall–Kier alpha value is -3.68. The van der Waals surface area contributed by atoms with Crippen LogP contribution in [0.1, 0.15) is 17.0 Å². The monoisotopic (exact) mass is 426 g/mol. The van der Waals surface area contributed by atoms with Gasteiger partial charge in [-0.3, -0.25) is 5.10 Å². The molecule has 1 N–H and O–H groups in total. The van der Waals surface area contributed by atoms with Crippen LogP contribution in [0.5, 0.6) is 0 Å². The summed E-state index contributed by atoms with van der Waals surface area (Å²) in [6.07, 6.45) is 0.932. The molecule has 1 fully saturated rings. The molecule has 0 atom stereocenters. The lowest BCUT2D eigenvalue weighted by molar-refractivity contribution is 0.633. The van der Waals surface area contributed by atoms with E-state index in [9.17, 15) is 0 Å². The molecule has 8 nitrogen and oxygen atoms in total. The van der Waals surface area contributed by atoms with E-state index in [0.717, 1.165) is 85.7 Å². The summed E-state index contributed by atoms with van der Waals surface area (Å²) in [6.45, 7) is 7.30. The Morgan fingerprint density at radius 1 is 0.844 bits per heavy atom. The number of benzene rings is 1. The highest BCUT2D eigenvalue weighted by Gasteiger charge is 2.27. The van der Waals surface area contributed by atoms with Gasteiger partial charge in [-0.1, -0.05) is 36.4 Å². The molecule has 0 amide bonds. The van der Waals surface area contributed by atoms with Gasteiger partial charge < -0.3 is 14.7 Å². The van der Waals surface area contributed by atoms with Crippen molar-refractivity contribution in [2.24, 2.45) is 0 Å². The predicted octanol–water partition coefficient (Wildman–Crippen LogP) is 2.95. The molecular formula is C24H26N8. The van der Waals surface area contributed by atoms with Crippen molar-refractivity contribution in [1.82, 2.24) is 25.1 Å². The second kappa shape index (κ2) is 7.78. The quantitative estimate of drug-likeness (QED) is 0.538. The van der Waals surface area contributed by atoms with Crippen LogP contribution in [-0.4, -0.2) is 57.9 Å². The predicted molar refractivity (Wildman–Crippen MR) is 126 cm³/mol. The molecule has 8 heteroatoms. The van der Waals surface area contributed by atoms with Gasteiger partial charge in [0.25, 0.3) is 0 Å². The average molecular weight is 427 g/mol. The molecular weight excluding hydrogens is 400 g/mol. The van der Waals surface area contributed by atoms with Gasteiger partial charge in [0.05, 0.1) is 11.1 Å². The summed E-state index contributed by atoms with van der Waals surface area (Å²) in [5.74, 6) is 2.80. The maximum Gasteiger partial charge on any atom is 0.229 e. The Morgan fingerprint density at radius 2 is 1.66 bits per heavy atom. The van der Waals surface area contributed by atoms with Gasteiger partial charge in [0.2, 0.25) is 5.95 Å². The first-order valence-electron chi connectivity index (χ1n) is 11.2. The van der Waals surface area contributed by atoms with Crippen LogP contribution in [0.2, 0.25) is 0 Å². The van der Waals surface area contributed by atoms with E-state index in [-0.39, 0.29) is 0 Å². The van der Waals surface area contributed by atoms with E-state index in [0.29, 0.717) is 0 Å². The van der Waals surface area contributed by atoms with E-state index in [2.05, 4.69) is 72.3 Å². The topological polar surface area (TPSA) is 77.1 Å². The summed E-state index contributed by atoms with van der Waals surface area (Å²) in [5, 5.41) is 8.77. The first-order chi connectivity index (χ1) is 15.7. The third kappa shape index (κ3) is 3.41. The second-order valence-corrected chi connectivity index (χ2v) is 8.52. The van der Waals surface area contributed by atoms with Crippen molar-refractivity contribution < 1.29 is 0 Å². The number of piperazine rings is 1. The van der Waals surface area contributed by atoms with Crippen molar-refractivity contribution >= 4 is 28.6 Å². The van der Waals surface area contributed by atoms with Crippen molar-refractivity contribution in [2.75, 3.05) is 47.4 Å². The van der Waals surface area contributed by atoms with Crippen molar-refractivity contribution in [3.05, 3.63) is 65.5 Å². The maximum atomic E-state index is 5.06. The fraction of sp³-hybridized carbons (Fsp3) is 0.333. The first kappa shape index (κ1) is 19.0. The highest BCUT2D eigenvalue weighted by atomic mass is 15.4. The third-order valence-corrected chi connectivity index (χ3v) is 6.37. The van der Waals surface area contributed by atoms with E-state index in [1.807, 2.05) is 13.0 Å². The van der Waals surface area contributed by atoms with E-state index >= 15 is 0 Å². The summed E-state index contributed by atoms with van der Waals surface area (Å²) >= 11 is 0. The summed E-state index contributed by atoms with van der Waals surface area (Å²) in [6, 6.07) is 16.8. The number of aromatic nitrogens is 5. The Kier molecular flexibility index (Phi) is 4.63. The van der Waals surface area contributed by atoms with Gasteiger partial charge in [-0.2, -0.15) is 15.1 Å². The van der Waals surface area contributed by atoms with Crippen LogP contribution in [0.4, 0.5) is 17.6 Å². The first-order valence-corrected chi connectivity index (χ1v) is 11.2. The summed E-state index contributed by atoms with van der Waals surface area (Å²) in [4.78, 5) is 21.5. The smallest absolute Gasteiger partial charge is 0.229 e. The lowest BCUT2D eigenvalue weighted by atomic mass is 10.1. The number of rotatable bonds is 4. The number of anilines is 3. The molecule has 4 aromatic rings. The maximum absolute atomic E-state index is 5.06. The molecule has 6 rings (SSSR count). The Morgan fingerprint density at radius 3 is 2.47 bits per heavy atom. The van der Waals surface area contributed by atoms with Gasteiger partial charge in [0.15, 0.2) is 5.65 Å². The standard InChI is InChI=1S/C24H26N8/c1-17-6-5-9-20(25-17)30-12-14-31(15-13-30)24-26-22-21-19(28-29-22)10-11-32(23(21)27-24)16-18-7-3-2-4-8-18/h2-9H,10-16H2,1H3,(H,26,27,28,29). The molecule has 2 aliphatic heterocycles. The molecule has 5 heterocycles. The number of aryl methyl sites for hydroxylation is 1. The molecule has 0 saturated carbocycles. The zero-order chi connectivity index (χ0) is 21.5. The van der Waals surface area contributed by atoms with E-state index in [4.69, 9.17) is 9.97 Å². The lowest BCUT2D eigenvalue weighted by Gasteiger charge is -2.36. The molecule has 0 unspecified atom stereocenters. The van der Waals surface area contributed by atoms with Crippen molar-refractivity contribution in [2.45, 2.75) is 19.9 Å². The second-order valence-electron chi connectivity index (χ2n) is 8.52. The van der Waals surface area contributed by atoms with Crippen LogP contribution in [0.15, 0.2) is 48.5 Å².